The van der Waals surface area contributed by atoms with Crippen LogP contribution in [0.5, 0.6) is 0 Å². The fourth-order valence-corrected chi connectivity index (χ4v) is 4.83. The molecule has 2 aromatic carbocycles. The van der Waals surface area contributed by atoms with Gasteiger partial charge in [-0.15, -0.1) is 0 Å². The van der Waals surface area contributed by atoms with Gasteiger partial charge >= 0.3 is 0 Å². The monoisotopic (exact) mass is 467 g/mol. The van der Waals surface area contributed by atoms with Crippen LogP contribution in [-0.4, -0.2) is 26.9 Å². The molecule has 6 heteroatoms. The van der Waals surface area contributed by atoms with Crippen molar-refractivity contribution < 1.29 is 4.79 Å². The number of benzene rings is 2. The minimum absolute atomic E-state index is 0.0136. The number of carbonyl (C=O) groups excluding carboxylic acids is 1. The summed E-state index contributed by atoms with van der Waals surface area (Å²) in [5.74, 6) is 1.90. The topological polar surface area (TPSA) is 38.1 Å². The number of aromatic nitrogens is 2. The molecule has 1 aliphatic heterocycles. The van der Waals surface area contributed by atoms with Crippen molar-refractivity contribution >= 4 is 29.1 Å². The summed E-state index contributed by atoms with van der Waals surface area (Å²) in [6, 6.07) is 13.9. The Balaban J connectivity index is 1.38. The van der Waals surface area contributed by atoms with Gasteiger partial charge in [0.2, 0.25) is 5.91 Å². The quantitative estimate of drug-likeness (QED) is 0.406. The molecule has 1 amide bonds. The highest BCUT2D eigenvalue weighted by Crippen LogP contribution is 2.34. The lowest BCUT2D eigenvalue weighted by molar-refractivity contribution is -0.132. The summed E-state index contributed by atoms with van der Waals surface area (Å²) < 4.78 is 2.26. The van der Waals surface area contributed by atoms with Gasteiger partial charge in [0.25, 0.3) is 0 Å². The molecule has 0 spiro atoms. The van der Waals surface area contributed by atoms with Crippen LogP contribution < -0.4 is 0 Å². The number of hydrogen-bond donors (Lipinski definition) is 0. The largest absolute Gasteiger partial charge is 0.335 e. The standard InChI is InChI=1S/C26H27Cl2N3O/c1-17(20-4-2-5-21(14-20)24-16-30-11-3-6-25(30)29-24)31(15-18-7-8-18)26(32)13-19-9-10-22(27)23(28)12-19/h2,4-5,9-10,12,14,16-18H,3,6-8,11,13,15H2,1H3. The van der Waals surface area contributed by atoms with Crippen molar-refractivity contribution in [3.8, 4) is 11.3 Å². The van der Waals surface area contributed by atoms with Gasteiger partial charge in [-0.25, -0.2) is 4.98 Å². The maximum atomic E-state index is 13.4. The van der Waals surface area contributed by atoms with E-state index >= 15 is 0 Å². The van der Waals surface area contributed by atoms with Gasteiger partial charge in [0.05, 0.1) is 28.2 Å². The number of rotatable bonds is 7. The van der Waals surface area contributed by atoms with Crippen molar-refractivity contribution in [3.63, 3.8) is 0 Å². The highest BCUT2D eigenvalue weighted by molar-refractivity contribution is 6.42. The third kappa shape index (κ3) is 4.57. The molecule has 0 N–H and O–H groups in total. The van der Waals surface area contributed by atoms with Gasteiger partial charge in [-0.2, -0.15) is 0 Å². The lowest BCUT2D eigenvalue weighted by Crippen LogP contribution is -2.36. The number of amides is 1. The average Bonchev–Trinajstić information content (AvgIpc) is 3.35. The van der Waals surface area contributed by atoms with E-state index in [2.05, 4.69) is 42.0 Å². The maximum Gasteiger partial charge on any atom is 0.227 e. The van der Waals surface area contributed by atoms with E-state index in [-0.39, 0.29) is 11.9 Å². The van der Waals surface area contributed by atoms with E-state index in [1.807, 2.05) is 11.0 Å². The Morgan fingerprint density at radius 2 is 2.03 bits per heavy atom. The second-order valence-electron chi connectivity index (χ2n) is 9.06. The third-order valence-corrected chi connectivity index (χ3v) is 7.34. The summed E-state index contributed by atoms with van der Waals surface area (Å²) in [5.41, 5.74) is 4.15. The molecular weight excluding hydrogens is 441 g/mol. The van der Waals surface area contributed by atoms with E-state index < -0.39 is 0 Å². The zero-order chi connectivity index (χ0) is 22.2. The molecular formula is C26H27Cl2N3O. The number of fused-ring (bicyclic) bond motifs is 1. The number of carbonyl (C=O) groups is 1. The summed E-state index contributed by atoms with van der Waals surface area (Å²) >= 11 is 12.2. The normalized spacial score (nSPS) is 16.1. The van der Waals surface area contributed by atoms with Crippen molar-refractivity contribution in [2.75, 3.05) is 6.54 Å². The predicted octanol–water partition coefficient (Wildman–Crippen LogP) is 6.35. The van der Waals surface area contributed by atoms with Crippen LogP contribution in [0, 0.1) is 5.92 Å². The van der Waals surface area contributed by atoms with Gasteiger partial charge in [0, 0.05) is 31.3 Å². The smallest absolute Gasteiger partial charge is 0.227 e. The van der Waals surface area contributed by atoms with E-state index in [9.17, 15) is 4.79 Å². The predicted molar refractivity (Wildman–Crippen MR) is 129 cm³/mol. The molecule has 0 bridgehead atoms. The molecule has 3 aromatic rings. The molecule has 2 heterocycles. The summed E-state index contributed by atoms with van der Waals surface area (Å²) in [5, 5.41) is 0.992. The molecule has 0 radical (unpaired) electrons. The molecule has 4 nitrogen and oxygen atoms in total. The summed E-state index contributed by atoms with van der Waals surface area (Å²) in [6.07, 6.45) is 7.10. The SMILES string of the molecule is CC(c1cccc(-c2cn3c(n2)CCC3)c1)N(CC1CC1)C(=O)Cc1ccc(Cl)c(Cl)c1. The van der Waals surface area contributed by atoms with Crippen molar-refractivity contribution in [2.45, 2.75) is 51.6 Å². The Morgan fingerprint density at radius 3 is 2.78 bits per heavy atom. The fraction of sp³-hybridized carbons (Fsp3) is 0.385. The molecule has 1 aromatic heterocycles. The molecule has 1 saturated carbocycles. The minimum atomic E-state index is -0.0136. The molecule has 1 aliphatic carbocycles. The highest BCUT2D eigenvalue weighted by atomic mass is 35.5. The van der Waals surface area contributed by atoms with E-state index in [0.29, 0.717) is 22.4 Å². The number of aryl methyl sites for hydroxylation is 2. The minimum Gasteiger partial charge on any atom is -0.335 e. The second-order valence-corrected chi connectivity index (χ2v) is 9.87. The van der Waals surface area contributed by atoms with E-state index in [4.69, 9.17) is 28.2 Å². The molecule has 1 unspecified atom stereocenters. The van der Waals surface area contributed by atoms with Crippen molar-refractivity contribution in [3.05, 3.63) is 75.7 Å². The molecule has 0 saturated heterocycles. The Kier molecular flexibility index (Phi) is 6.00. The van der Waals surface area contributed by atoms with Crippen molar-refractivity contribution in [1.82, 2.24) is 14.5 Å². The van der Waals surface area contributed by atoms with Gasteiger partial charge in [0.1, 0.15) is 5.82 Å². The zero-order valence-corrected chi connectivity index (χ0v) is 19.7. The molecule has 1 atom stereocenters. The first-order valence-electron chi connectivity index (χ1n) is 11.4. The Morgan fingerprint density at radius 1 is 1.19 bits per heavy atom. The third-order valence-electron chi connectivity index (χ3n) is 6.60. The second kappa shape index (κ2) is 8.92. The zero-order valence-electron chi connectivity index (χ0n) is 18.2. The highest BCUT2D eigenvalue weighted by Gasteiger charge is 2.30. The lowest BCUT2D eigenvalue weighted by atomic mass is 10.0. The van der Waals surface area contributed by atoms with Crippen LogP contribution in [0.15, 0.2) is 48.7 Å². The summed E-state index contributed by atoms with van der Waals surface area (Å²) in [7, 11) is 0. The van der Waals surface area contributed by atoms with Gasteiger partial charge in [-0.3, -0.25) is 4.79 Å². The fourth-order valence-electron chi connectivity index (χ4n) is 4.51. The summed E-state index contributed by atoms with van der Waals surface area (Å²) in [6.45, 7) is 3.97. The number of halogens is 2. The van der Waals surface area contributed by atoms with Gasteiger partial charge in [-0.05, 0) is 61.4 Å². The van der Waals surface area contributed by atoms with Crippen LogP contribution in [-0.2, 0) is 24.2 Å². The van der Waals surface area contributed by atoms with E-state index in [0.717, 1.165) is 41.9 Å². The van der Waals surface area contributed by atoms with Crippen LogP contribution in [0.3, 0.4) is 0 Å². The van der Waals surface area contributed by atoms with Crippen LogP contribution in [0.25, 0.3) is 11.3 Å². The summed E-state index contributed by atoms with van der Waals surface area (Å²) in [4.78, 5) is 20.2. The van der Waals surface area contributed by atoms with Crippen LogP contribution in [0.4, 0.5) is 0 Å². The van der Waals surface area contributed by atoms with Gasteiger partial charge in [0.15, 0.2) is 0 Å². The Labute approximate surface area is 199 Å². The first-order valence-corrected chi connectivity index (χ1v) is 12.1. The van der Waals surface area contributed by atoms with Gasteiger partial charge < -0.3 is 9.47 Å². The van der Waals surface area contributed by atoms with Crippen LogP contribution in [0.2, 0.25) is 10.0 Å². The molecule has 5 rings (SSSR count). The molecule has 166 valence electrons. The Hall–Kier alpha value is -2.30. The Bertz CT molecular complexity index is 1130. The number of nitrogens with zero attached hydrogens (tertiary/aromatic N) is 3. The first-order chi connectivity index (χ1) is 15.5. The van der Waals surface area contributed by atoms with Crippen LogP contribution in [0.1, 0.15) is 49.2 Å². The lowest BCUT2D eigenvalue weighted by Gasteiger charge is -2.30. The van der Waals surface area contributed by atoms with E-state index in [1.165, 1.54) is 25.1 Å². The van der Waals surface area contributed by atoms with Crippen molar-refractivity contribution in [1.29, 1.82) is 0 Å². The molecule has 32 heavy (non-hydrogen) atoms. The van der Waals surface area contributed by atoms with Crippen LogP contribution >= 0.6 is 23.2 Å². The van der Waals surface area contributed by atoms with Crippen molar-refractivity contribution in [2.24, 2.45) is 5.92 Å². The molecule has 1 fully saturated rings. The average molecular weight is 468 g/mol. The number of hydrogen-bond acceptors (Lipinski definition) is 2. The first kappa shape index (κ1) is 21.5. The molecule has 2 aliphatic rings. The number of imidazole rings is 1. The maximum absolute atomic E-state index is 13.4. The van der Waals surface area contributed by atoms with Gasteiger partial charge in [-0.1, -0.05) is 47.5 Å². The van der Waals surface area contributed by atoms with E-state index in [1.54, 1.807) is 12.1 Å².